The number of alkyl halides is 3. The van der Waals surface area contributed by atoms with Crippen LogP contribution in [0.2, 0.25) is 0 Å². The van der Waals surface area contributed by atoms with Gasteiger partial charge in [0.05, 0.1) is 0 Å². The fourth-order valence-corrected chi connectivity index (χ4v) is 1.39. The van der Waals surface area contributed by atoms with Crippen molar-refractivity contribution in [3.05, 3.63) is 30.3 Å². The first-order valence-corrected chi connectivity index (χ1v) is 5.64. The number of nitrogens with one attached hydrogen (secondary N) is 2. The number of rotatable bonds is 7. The Labute approximate surface area is 99.2 Å². The van der Waals surface area contributed by atoms with E-state index in [-0.39, 0.29) is 6.42 Å². The molecule has 1 aromatic rings. The lowest BCUT2D eigenvalue weighted by molar-refractivity contribution is -0.135. The van der Waals surface area contributed by atoms with Gasteiger partial charge in [0, 0.05) is 25.2 Å². The van der Waals surface area contributed by atoms with Crippen LogP contribution in [0.5, 0.6) is 0 Å². The Bertz CT molecular complexity index is 298. The molecule has 0 saturated heterocycles. The molecule has 5 heteroatoms. The van der Waals surface area contributed by atoms with Gasteiger partial charge in [-0.2, -0.15) is 13.2 Å². The quantitative estimate of drug-likeness (QED) is 0.723. The first kappa shape index (κ1) is 13.8. The minimum Gasteiger partial charge on any atom is -0.384 e. The standard InChI is InChI=1S/C12H17F3N2/c13-12(14,15)7-4-8-16-9-10-17-11-5-2-1-3-6-11/h1-3,5-6,16-17H,4,7-10H2. The monoisotopic (exact) mass is 246 g/mol. The molecule has 0 fully saturated rings. The van der Waals surface area contributed by atoms with Gasteiger partial charge >= 0.3 is 6.18 Å². The van der Waals surface area contributed by atoms with Crippen LogP contribution in [0.25, 0.3) is 0 Å². The third-order valence-corrected chi connectivity index (χ3v) is 2.22. The zero-order valence-electron chi connectivity index (χ0n) is 9.56. The molecular formula is C12H17F3N2. The second-order valence-electron chi connectivity index (χ2n) is 3.76. The van der Waals surface area contributed by atoms with Gasteiger partial charge < -0.3 is 10.6 Å². The van der Waals surface area contributed by atoms with Crippen molar-refractivity contribution in [2.75, 3.05) is 25.0 Å². The molecule has 0 saturated carbocycles. The molecule has 1 aromatic carbocycles. The number of halogens is 3. The first-order valence-electron chi connectivity index (χ1n) is 5.64. The highest BCUT2D eigenvalue weighted by atomic mass is 19.4. The van der Waals surface area contributed by atoms with E-state index in [2.05, 4.69) is 10.6 Å². The van der Waals surface area contributed by atoms with E-state index in [0.717, 1.165) is 5.69 Å². The summed E-state index contributed by atoms with van der Waals surface area (Å²) in [6, 6.07) is 9.69. The van der Waals surface area contributed by atoms with Crippen molar-refractivity contribution >= 4 is 5.69 Å². The van der Waals surface area contributed by atoms with Crippen LogP contribution in [-0.4, -0.2) is 25.8 Å². The molecule has 17 heavy (non-hydrogen) atoms. The van der Waals surface area contributed by atoms with Crippen LogP contribution in [0.15, 0.2) is 30.3 Å². The van der Waals surface area contributed by atoms with Crippen molar-refractivity contribution in [2.24, 2.45) is 0 Å². The van der Waals surface area contributed by atoms with E-state index in [1.54, 1.807) is 0 Å². The van der Waals surface area contributed by atoms with Gasteiger partial charge in [-0.25, -0.2) is 0 Å². The number of benzene rings is 1. The largest absolute Gasteiger partial charge is 0.389 e. The van der Waals surface area contributed by atoms with Crippen LogP contribution < -0.4 is 10.6 Å². The van der Waals surface area contributed by atoms with E-state index >= 15 is 0 Å². The van der Waals surface area contributed by atoms with E-state index in [4.69, 9.17) is 0 Å². The molecule has 0 radical (unpaired) electrons. The van der Waals surface area contributed by atoms with Crippen molar-refractivity contribution in [3.63, 3.8) is 0 Å². The molecule has 0 unspecified atom stereocenters. The highest BCUT2D eigenvalue weighted by molar-refractivity contribution is 5.42. The summed E-state index contributed by atoms with van der Waals surface area (Å²) in [7, 11) is 0. The van der Waals surface area contributed by atoms with Crippen molar-refractivity contribution < 1.29 is 13.2 Å². The molecule has 0 atom stereocenters. The molecule has 96 valence electrons. The van der Waals surface area contributed by atoms with Gasteiger partial charge in [0.1, 0.15) is 0 Å². The second kappa shape index (κ2) is 7.17. The Balaban J connectivity index is 1.95. The van der Waals surface area contributed by atoms with Gasteiger partial charge in [-0.05, 0) is 25.1 Å². The van der Waals surface area contributed by atoms with Crippen LogP contribution in [0.4, 0.5) is 18.9 Å². The molecule has 1 rings (SSSR count). The van der Waals surface area contributed by atoms with Crippen LogP contribution in [-0.2, 0) is 0 Å². The highest BCUT2D eigenvalue weighted by Crippen LogP contribution is 2.20. The topological polar surface area (TPSA) is 24.1 Å². The maximum absolute atomic E-state index is 11.8. The Morgan fingerprint density at radius 2 is 1.65 bits per heavy atom. The maximum Gasteiger partial charge on any atom is 0.389 e. The first-order chi connectivity index (χ1) is 8.08. The molecular weight excluding hydrogens is 229 g/mol. The van der Waals surface area contributed by atoms with Gasteiger partial charge in [-0.15, -0.1) is 0 Å². The average Bonchev–Trinajstić information content (AvgIpc) is 2.28. The Kier molecular flexibility index (Phi) is 5.83. The lowest BCUT2D eigenvalue weighted by Gasteiger charge is -2.08. The van der Waals surface area contributed by atoms with Crippen molar-refractivity contribution in [1.82, 2.24) is 5.32 Å². The highest BCUT2D eigenvalue weighted by Gasteiger charge is 2.25. The smallest absolute Gasteiger partial charge is 0.384 e. The lowest BCUT2D eigenvalue weighted by Crippen LogP contribution is -2.24. The van der Waals surface area contributed by atoms with Gasteiger partial charge in [0.2, 0.25) is 0 Å². The molecule has 0 amide bonds. The van der Waals surface area contributed by atoms with Crippen LogP contribution in [0.1, 0.15) is 12.8 Å². The predicted octanol–water partition coefficient (Wildman–Crippen LogP) is 3.03. The number of hydrogen-bond acceptors (Lipinski definition) is 2. The fourth-order valence-electron chi connectivity index (χ4n) is 1.39. The summed E-state index contributed by atoms with van der Waals surface area (Å²) < 4.78 is 35.4. The minimum absolute atomic E-state index is 0.134. The van der Waals surface area contributed by atoms with Crippen molar-refractivity contribution in [1.29, 1.82) is 0 Å². The third kappa shape index (κ3) is 7.63. The van der Waals surface area contributed by atoms with Crippen molar-refractivity contribution in [2.45, 2.75) is 19.0 Å². The summed E-state index contributed by atoms with van der Waals surface area (Å²) in [4.78, 5) is 0. The van der Waals surface area contributed by atoms with Gasteiger partial charge in [0.15, 0.2) is 0 Å². The third-order valence-electron chi connectivity index (χ3n) is 2.22. The fraction of sp³-hybridized carbons (Fsp3) is 0.500. The molecule has 0 aromatic heterocycles. The molecule has 0 heterocycles. The summed E-state index contributed by atoms with van der Waals surface area (Å²) in [5, 5.41) is 6.13. The molecule has 2 N–H and O–H groups in total. The van der Waals surface area contributed by atoms with E-state index in [0.29, 0.717) is 19.6 Å². The van der Waals surface area contributed by atoms with E-state index < -0.39 is 12.6 Å². The van der Waals surface area contributed by atoms with Gasteiger partial charge in [-0.3, -0.25) is 0 Å². The number of para-hydroxylation sites is 1. The normalized spacial score (nSPS) is 11.5. The van der Waals surface area contributed by atoms with E-state index in [9.17, 15) is 13.2 Å². The SMILES string of the molecule is FC(F)(F)CCCNCCNc1ccccc1. The van der Waals surface area contributed by atoms with Gasteiger partial charge in [0.25, 0.3) is 0 Å². The summed E-state index contributed by atoms with van der Waals surface area (Å²) >= 11 is 0. The molecule has 0 spiro atoms. The Hall–Kier alpha value is -1.23. The number of hydrogen-bond donors (Lipinski definition) is 2. The summed E-state index contributed by atoms with van der Waals surface area (Å²) in [5.41, 5.74) is 1.02. The Morgan fingerprint density at radius 1 is 0.941 bits per heavy atom. The zero-order valence-corrected chi connectivity index (χ0v) is 9.56. The van der Waals surface area contributed by atoms with Crippen LogP contribution in [0, 0.1) is 0 Å². The second-order valence-corrected chi connectivity index (χ2v) is 3.76. The van der Waals surface area contributed by atoms with E-state index in [1.165, 1.54) is 0 Å². The van der Waals surface area contributed by atoms with Crippen LogP contribution in [0.3, 0.4) is 0 Å². The summed E-state index contributed by atoms with van der Waals surface area (Å²) in [6.45, 7) is 1.76. The molecule has 2 nitrogen and oxygen atoms in total. The summed E-state index contributed by atoms with van der Waals surface area (Å²) in [5.74, 6) is 0. The zero-order chi connectivity index (χ0) is 12.6. The van der Waals surface area contributed by atoms with E-state index in [1.807, 2.05) is 30.3 Å². The Morgan fingerprint density at radius 3 is 2.29 bits per heavy atom. The number of anilines is 1. The van der Waals surface area contributed by atoms with Crippen molar-refractivity contribution in [3.8, 4) is 0 Å². The maximum atomic E-state index is 11.8. The van der Waals surface area contributed by atoms with Crippen LogP contribution >= 0.6 is 0 Å². The predicted molar refractivity (Wildman–Crippen MR) is 63.1 cm³/mol. The van der Waals surface area contributed by atoms with Gasteiger partial charge in [-0.1, -0.05) is 18.2 Å². The minimum atomic E-state index is -4.04. The summed E-state index contributed by atoms with van der Waals surface area (Å²) in [6.07, 6.45) is -4.62. The lowest BCUT2D eigenvalue weighted by atomic mass is 10.3. The molecule has 0 bridgehead atoms. The molecule has 0 aliphatic heterocycles. The molecule has 0 aliphatic carbocycles. The average molecular weight is 246 g/mol. The molecule has 0 aliphatic rings.